The van der Waals surface area contributed by atoms with E-state index in [2.05, 4.69) is 0 Å². The average molecular weight is 621 g/mol. The second-order valence-corrected chi connectivity index (χ2v) is 13.1. The molecule has 1 heterocycles. The van der Waals surface area contributed by atoms with Crippen LogP contribution < -0.4 is 5.73 Å². The Morgan fingerprint density at radius 3 is 2.38 bits per heavy atom. The minimum Gasteiger partial charge on any atom is -0.461 e. The first-order chi connectivity index (χ1) is 18.6. The molecule has 11 heteroatoms. The summed E-state index contributed by atoms with van der Waals surface area (Å²) in [5.74, 6) is -0.823. The van der Waals surface area contributed by atoms with Crippen molar-refractivity contribution in [2.75, 3.05) is 19.8 Å². The maximum absolute atomic E-state index is 12.6. The van der Waals surface area contributed by atoms with Crippen molar-refractivity contribution in [3.05, 3.63) is 55.7 Å². The number of amides is 1. The Labute approximate surface area is 248 Å². The topological polar surface area (TPSA) is 130 Å². The first kappa shape index (κ1) is 32.1. The minimum absolute atomic E-state index is 0.0290. The number of rotatable bonds is 15. The van der Waals surface area contributed by atoms with Crippen LogP contribution in [0.3, 0.4) is 0 Å². The summed E-state index contributed by atoms with van der Waals surface area (Å²) >= 11 is 20.2. The number of carbonyl (C=O) groups is 2. The fourth-order valence-corrected chi connectivity index (χ4v) is 7.22. The maximum atomic E-state index is 12.6. The Morgan fingerprint density at radius 1 is 1.05 bits per heavy atom. The molecule has 1 aromatic heterocycles. The number of benzene rings is 1. The number of ether oxygens (including phenoxy) is 1. The number of aliphatic hydroxyl groups excluding tert-OH is 3. The highest BCUT2D eigenvalue weighted by Gasteiger charge is 2.40. The van der Waals surface area contributed by atoms with Gasteiger partial charge in [0.1, 0.15) is 11.5 Å². The van der Waals surface area contributed by atoms with Gasteiger partial charge in [-0.25, -0.2) is 4.79 Å². The quantitative estimate of drug-likeness (QED) is 0.164. The highest BCUT2D eigenvalue weighted by Crippen LogP contribution is 2.42. The van der Waals surface area contributed by atoms with Crippen molar-refractivity contribution >= 4 is 58.0 Å². The van der Waals surface area contributed by atoms with E-state index < -0.39 is 36.6 Å². The van der Waals surface area contributed by atoms with Gasteiger partial charge in [0.2, 0.25) is 5.91 Å². The smallest absolute Gasteiger partial charge is 0.348 e. The molecule has 2 aromatic rings. The number of primary amides is 1. The molecule has 0 saturated heterocycles. The van der Waals surface area contributed by atoms with E-state index in [9.17, 15) is 24.9 Å². The number of hydrogen-bond donors (Lipinski definition) is 4. The largest absolute Gasteiger partial charge is 0.461 e. The molecule has 1 fully saturated rings. The molecule has 0 unspecified atom stereocenters. The number of esters is 1. The van der Waals surface area contributed by atoms with Crippen LogP contribution in [0, 0.1) is 17.3 Å². The third-order valence-electron chi connectivity index (χ3n) is 7.57. The highest BCUT2D eigenvalue weighted by molar-refractivity contribution is 7.13. The van der Waals surface area contributed by atoms with Crippen molar-refractivity contribution in [1.82, 2.24) is 0 Å². The van der Waals surface area contributed by atoms with Gasteiger partial charge in [-0.3, -0.25) is 4.79 Å². The zero-order valence-electron chi connectivity index (χ0n) is 21.7. The molecule has 4 atom stereocenters. The molecule has 1 saturated carbocycles. The van der Waals surface area contributed by atoms with Gasteiger partial charge < -0.3 is 25.8 Å². The highest BCUT2D eigenvalue weighted by atomic mass is 35.5. The minimum atomic E-state index is -1.12. The third kappa shape index (κ3) is 9.32. The predicted molar refractivity (Wildman–Crippen MR) is 155 cm³/mol. The molecule has 1 aromatic carbocycles. The van der Waals surface area contributed by atoms with Crippen molar-refractivity contribution in [2.45, 2.75) is 62.8 Å². The van der Waals surface area contributed by atoms with E-state index >= 15 is 0 Å². The summed E-state index contributed by atoms with van der Waals surface area (Å²) in [6.45, 7) is -1.10. The van der Waals surface area contributed by atoms with Crippen molar-refractivity contribution in [3.8, 4) is 0 Å². The Morgan fingerprint density at radius 2 is 1.74 bits per heavy atom. The van der Waals surface area contributed by atoms with Crippen LogP contribution in [0.15, 0.2) is 30.3 Å². The number of halogens is 3. The Kier molecular flexibility index (Phi) is 12.4. The number of aryl methyl sites for hydroxylation is 2. The van der Waals surface area contributed by atoms with Crippen molar-refractivity contribution < 1.29 is 29.6 Å². The van der Waals surface area contributed by atoms with Gasteiger partial charge in [0.25, 0.3) is 0 Å². The third-order valence-corrected chi connectivity index (χ3v) is 9.63. The van der Waals surface area contributed by atoms with Gasteiger partial charge >= 0.3 is 5.97 Å². The second kappa shape index (κ2) is 15.0. The molecule has 0 spiro atoms. The summed E-state index contributed by atoms with van der Waals surface area (Å²) in [6, 6.07) is 9.09. The molecule has 0 aliphatic heterocycles. The normalized spacial score (nSPS) is 21.3. The van der Waals surface area contributed by atoms with Gasteiger partial charge in [0, 0.05) is 26.7 Å². The molecule has 5 N–H and O–H groups in total. The van der Waals surface area contributed by atoms with Crippen molar-refractivity contribution in [2.24, 2.45) is 23.0 Å². The standard InChI is InChI=1S/C28H36Cl3NO6S/c29-18-10-17(11-19(30)12-18)4-6-22-21(23(31)13-24(22)35)3-1-2-20-5-7-25(39-20)27(37)38-16-28(14-33,15-34)9-8-26(32)36/h5,7,10-12,21-24,33-35H,1-4,6,8-9,13-16H2,(H2,32,36)/t21-,22-,23-,24-/m1/s1. The summed E-state index contributed by atoms with van der Waals surface area (Å²) in [5.41, 5.74) is 5.09. The van der Waals surface area contributed by atoms with Crippen LogP contribution in [0.2, 0.25) is 10.0 Å². The average Bonchev–Trinajstić information content (AvgIpc) is 3.46. The van der Waals surface area contributed by atoms with Gasteiger partial charge in [-0.2, -0.15) is 0 Å². The van der Waals surface area contributed by atoms with Crippen LogP contribution in [0.1, 0.15) is 58.6 Å². The van der Waals surface area contributed by atoms with Gasteiger partial charge in [0.15, 0.2) is 0 Å². The number of thiophene rings is 1. The van der Waals surface area contributed by atoms with E-state index in [0.717, 1.165) is 42.5 Å². The maximum Gasteiger partial charge on any atom is 0.348 e. The molecule has 0 radical (unpaired) electrons. The number of hydrogen-bond acceptors (Lipinski definition) is 7. The summed E-state index contributed by atoms with van der Waals surface area (Å²) in [5, 5.41) is 31.2. The first-order valence-electron chi connectivity index (χ1n) is 13.1. The summed E-state index contributed by atoms with van der Waals surface area (Å²) < 4.78 is 5.36. The monoisotopic (exact) mass is 619 g/mol. The SMILES string of the molecule is NC(=O)CCC(CO)(CO)COC(=O)c1ccc(CCC[C@@H]2[C@@H](CCc3cc(Cl)cc(Cl)c3)[C@H](O)C[C@H]2Cl)s1. The van der Waals surface area contributed by atoms with E-state index in [1.54, 1.807) is 12.1 Å². The summed E-state index contributed by atoms with van der Waals surface area (Å²) in [6.07, 6.45) is 4.26. The lowest BCUT2D eigenvalue weighted by atomic mass is 9.85. The lowest BCUT2D eigenvalue weighted by molar-refractivity contribution is -0.119. The summed E-state index contributed by atoms with van der Waals surface area (Å²) in [7, 11) is 0. The van der Waals surface area contributed by atoms with Gasteiger partial charge in [-0.1, -0.05) is 23.2 Å². The summed E-state index contributed by atoms with van der Waals surface area (Å²) in [4.78, 5) is 25.1. The first-order valence-corrected chi connectivity index (χ1v) is 15.1. The second-order valence-electron chi connectivity index (χ2n) is 10.5. The Balaban J connectivity index is 1.50. The van der Waals surface area contributed by atoms with Crippen LogP contribution in [0.5, 0.6) is 0 Å². The lowest BCUT2D eigenvalue weighted by Crippen LogP contribution is -2.37. The van der Waals surface area contributed by atoms with Crippen LogP contribution >= 0.6 is 46.1 Å². The van der Waals surface area contributed by atoms with Crippen LogP contribution in [0.25, 0.3) is 0 Å². The molecular formula is C28H36Cl3NO6S. The Hall–Kier alpha value is -1.39. The van der Waals surface area contributed by atoms with E-state index in [-0.39, 0.29) is 36.7 Å². The van der Waals surface area contributed by atoms with E-state index in [1.165, 1.54) is 11.3 Å². The molecular weight excluding hydrogens is 585 g/mol. The van der Waals surface area contributed by atoms with E-state index in [0.29, 0.717) is 21.3 Å². The number of nitrogens with two attached hydrogens (primary N) is 1. The molecule has 216 valence electrons. The fraction of sp³-hybridized carbons (Fsp3) is 0.571. The van der Waals surface area contributed by atoms with Crippen LogP contribution in [0.4, 0.5) is 0 Å². The number of aliphatic hydroxyl groups is 3. The molecule has 1 amide bonds. The fourth-order valence-electron chi connectivity index (χ4n) is 5.21. The van der Waals surface area contributed by atoms with Gasteiger partial charge in [-0.05, 0) is 92.7 Å². The van der Waals surface area contributed by atoms with Crippen LogP contribution in [-0.2, 0) is 22.4 Å². The molecule has 39 heavy (non-hydrogen) atoms. The van der Waals surface area contributed by atoms with Crippen molar-refractivity contribution in [3.63, 3.8) is 0 Å². The van der Waals surface area contributed by atoms with Crippen molar-refractivity contribution in [1.29, 1.82) is 0 Å². The van der Waals surface area contributed by atoms with E-state index in [1.807, 2.05) is 18.2 Å². The van der Waals surface area contributed by atoms with Gasteiger partial charge in [0.05, 0.1) is 24.7 Å². The van der Waals surface area contributed by atoms with Gasteiger partial charge in [-0.15, -0.1) is 22.9 Å². The Bertz CT molecular complexity index is 1090. The molecule has 7 nitrogen and oxygen atoms in total. The van der Waals surface area contributed by atoms with Crippen LogP contribution in [-0.4, -0.2) is 58.5 Å². The van der Waals surface area contributed by atoms with E-state index in [4.69, 9.17) is 45.3 Å². The predicted octanol–water partition coefficient (Wildman–Crippen LogP) is 5.01. The zero-order chi connectivity index (χ0) is 28.6. The zero-order valence-corrected chi connectivity index (χ0v) is 24.7. The number of carbonyl (C=O) groups excluding carboxylic acids is 2. The molecule has 1 aliphatic carbocycles. The number of alkyl halides is 1. The lowest BCUT2D eigenvalue weighted by Gasteiger charge is -2.28. The molecule has 3 rings (SSSR count). The molecule has 0 bridgehead atoms. The molecule has 1 aliphatic rings.